The normalized spacial score (nSPS) is 15.9. The van der Waals surface area contributed by atoms with E-state index in [1.807, 2.05) is 7.05 Å². The summed E-state index contributed by atoms with van der Waals surface area (Å²) in [6, 6.07) is 46.9. The molecule has 0 saturated heterocycles. The Morgan fingerprint density at radius 2 is 1.14 bits per heavy atom. The predicted octanol–water partition coefficient (Wildman–Crippen LogP) is 7.70. The molecule has 0 aromatic heterocycles. The topological polar surface area (TPSA) is 13.0 Å². The minimum atomic E-state index is -0.584. The number of fused-ring (bicyclic) bond motifs is 4. The van der Waals surface area contributed by atoms with Crippen LogP contribution in [0, 0.1) is 25.5 Å². The van der Waals surface area contributed by atoms with Crippen LogP contribution in [-0.2, 0) is 26.5 Å². The summed E-state index contributed by atoms with van der Waals surface area (Å²) in [6.07, 6.45) is 4.12. The van der Waals surface area contributed by atoms with Crippen molar-refractivity contribution in [1.29, 1.82) is 0 Å². The van der Waals surface area contributed by atoms with E-state index in [9.17, 15) is 0 Å². The number of nitrogens with zero attached hydrogens (tertiary/aromatic N) is 4. The van der Waals surface area contributed by atoms with Crippen molar-refractivity contribution in [2.75, 3.05) is 28.8 Å². The first-order valence-electron chi connectivity index (χ1n) is 13.9. The monoisotopic (exact) mass is 723 g/mol. The number of anilines is 4. The molecule has 4 nitrogen and oxygen atoms in total. The Kier molecular flexibility index (Phi) is 6.48. The zero-order valence-electron chi connectivity index (χ0n) is 23.3. The number of hydrogen-bond acceptors (Lipinski definition) is 4. The van der Waals surface area contributed by atoms with Crippen LogP contribution in [0.1, 0.15) is 22.3 Å². The SMILES string of the molecule is CN1C=CN(c2[c-]c(C3(c4[c-]c(N5[CH-]N(C)c6ccccc65)ccc4)c4ccccc4-c4ccccc43)ccc2)[CH-]1.[Pt+4]. The molecule has 0 atom stereocenters. The zero-order valence-corrected chi connectivity index (χ0v) is 25.6. The van der Waals surface area contributed by atoms with Gasteiger partial charge >= 0.3 is 21.1 Å². The summed E-state index contributed by atoms with van der Waals surface area (Å²) >= 11 is 0. The summed E-state index contributed by atoms with van der Waals surface area (Å²) in [5, 5.41) is 0. The first-order chi connectivity index (χ1) is 20.1. The van der Waals surface area contributed by atoms with E-state index in [2.05, 4.69) is 174 Å². The fourth-order valence-corrected chi connectivity index (χ4v) is 6.65. The van der Waals surface area contributed by atoms with Crippen molar-refractivity contribution in [3.63, 3.8) is 0 Å². The van der Waals surface area contributed by atoms with Gasteiger partial charge in [-0.05, 0) is 60.9 Å². The summed E-state index contributed by atoms with van der Waals surface area (Å²) in [5.41, 5.74) is 11.0. The fourth-order valence-electron chi connectivity index (χ4n) is 6.65. The molecule has 0 unspecified atom stereocenters. The van der Waals surface area contributed by atoms with Crippen LogP contribution in [0.4, 0.5) is 22.7 Å². The Balaban J connectivity index is 0.00000288. The van der Waals surface area contributed by atoms with Crippen molar-refractivity contribution in [3.05, 3.63) is 169 Å². The van der Waals surface area contributed by atoms with Crippen molar-refractivity contribution < 1.29 is 21.1 Å². The molecule has 5 aromatic carbocycles. The van der Waals surface area contributed by atoms with Crippen LogP contribution in [0.3, 0.4) is 0 Å². The summed E-state index contributed by atoms with van der Waals surface area (Å²) in [4.78, 5) is 8.57. The van der Waals surface area contributed by atoms with Gasteiger partial charge in [0.2, 0.25) is 0 Å². The molecule has 8 rings (SSSR count). The molecular weight excluding hydrogens is 696 g/mol. The van der Waals surface area contributed by atoms with Gasteiger partial charge in [-0.25, -0.2) is 0 Å². The molecule has 0 radical (unpaired) electrons. The van der Waals surface area contributed by atoms with Gasteiger partial charge in [0, 0.05) is 16.8 Å². The molecule has 0 amide bonds. The van der Waals surface area contributed by atoms with Gasteiger partial charge in [-0.1, -0.05) is 60.7 Å². The molecule has 2 aliphatic heterocycles. The van der Waals surface area contributed by atoms with Crippen LogP contribution in [0.25, 0.3) is 11.1 Å². The van der Waals surface area contributed by atoms with E-state index in [-0.39, 0.29) is 21.1 Å². The molecule has 206 valence electrons. The van der Waals surface area contributed by atoms with Gasteiger partial charge in [-0.3, -0.25) is 0 Å². The first-order valence-corrected chi connectivity index (χ1v) is 13.9. The first kappa shape index (κ1) is 26.6. The van der Waals surface area contributed by atoms with E-state index in [1.165, 1.54) is 27.9 Å². The summed E-state index contributed by atoms with van der Waals surface area (Å²) in [7, 11) is 4.13. The second-order valence-corrected chi connectivity index (χ2v) is 10.8. The van der Waals surface area contributed by atoms with Crippen LogP contribution < -0.4 is 14.7 Å². The van der Waals surface area contributed by atoms with Crippen molar-refractivity contribution in [2.45, 2.75) is 5.41 Å². The summed E-state index contributed by atoms with van der Waals surface area (Å²) in [6.45, 7) is 4.21. The van der Waals surface area contributed by atoms with Crippen LogP contribution in [-0.4, -0.2) is 19.0 Å². The second kappa shape index (κ2) is 10.2. The maximum Gasteiger partial charge on any atom is 4.00 e. The Bertz CT molecular complexity index is 1780. The van der Waals surface area contributed by atoms with E-state index in [4.69, 9.17) is 0 Å². The molecule has 0 spiro atoms. The average molecular weight is 724 g/mol. The van der Waals surface area contributed by atoms with Gasteiger partial charge in [0.05, 0.1) is 0 Å². The molecule has 5 heteroatoms. The molecule has 3 aliphatic rings. The maximum atomic E-state index is 3.91. The average Bonchev–Trinajstić information content (AvgIpc) is 3.70. The molecule has 1 aliphatic carbocycles. The Hall–Kier alpha value is -4.27. The predicted molar refractivity (Wildman–Crippen MR) is 166 cm³/mol. The van der Waals surface area contributed by atoms with E-state index >= 15 is 0 Å². The summed E-state index contributed by atoms with van der Waals surface area (Å²) in [5.74, 6) is 0. The van der Waals surface area contributed by atoms with Crippen molar-refractivity contribution >= 4 is 22.7 Å². The molecule has 0 bridgehead atoms. The van der Waals surface area contributed by atoms with Gasteiger partial charge in [-0.2, -0.15) is 61.9 Å². The third kappa shape index (κ3) is 3.85. The van der Waals surface area contributed by atoms with E-state index in [0.717, 1.165) is 28.2 Å². The molecule has 0 fully saturated rings. The smallest absolute Gasteiger partial charge is 0.510 e. The Labute approximate surface area is 262 Å². The van der Waals surface area contributed by atoms with Crippen LogP contribution in [0.2, 0.25) is 0 Å². The van der Waals surface area contributed by atoms with Gasteiger partial charge < -0.3 is 19.6 Å². The number of hydrogen-bond donors (Lipinski definition) is 0. The van der Waals surface area contributed by atoms with Gasteiger partial charge in [0.1, 0.15) is 0 Å². The summed E-state index contributed by atoms with van der Waals surface area (Å²) < 4.78 is 0. The molecule has 0 N–H and O–H groups in total. The molecule has 5 aromatic rings. The van der Waals surface area contributed by atoms with Crippen LogP contribution >= 0.6 is 0 Å². The van der Waals surface area contributed by atoms with Crippen molar-refractivity contribution in [3.8, 4) is 11.1 Å². The molecule has 2 heterocycles. The van der Waals surface area contributed by atoms with Gasteiger partial charge in [0.25, 0.3) is 0 Å². The largest absolute Gasteiger partial charge is 4.00 e. The van der Waals surface area contributed by atoms with E-state index in [0.29, 0.717) is 0 Å². The number of benzene rings is 5. The third-order valence-corrected chi connectivity index (χ3v) is 8.44. The maximum absolute atomic E-state index is 3.91. The Morgan fingerprint density at radius 3 is 1.79 bits per heavy atom. The zero-order chi connectivity index (χ0) is 27.6. The minimum absolute atomic E-state index is 0. The molecule has 42 heavy (non-hydrogen) atoms. The van der Waals surface area contributed by atoms with Crippen LogP contribution in [0.15, 0.2) is 122 Å². The van der Waals surface area contributed by atoms with Gasteiger partial charge in [-0.15, -0.1) is 22.5 Å². The molecular formula is C37H28N4Pt. The Morgan fingerprint density at radius 1 is 0.571 bits per heavy atom. The van der Waals surface area contributed by atoms with Crippen LogP contribution in [0.5, 0.6) is 0 Å². The fraction of sp³-hybridized carbons (Fsp3) is 0.0811. The van der Waals surface area contributed by atoms with E-state index < -0.39 is 5.41 Å². The van der Waals surface area contributed by atoms with Crippen molar-refractivity contribution in [2.24, 2.45) is 0 Å². The molecule has 0 saturated carbocycles. The number of rotatable bonds is 4. The van der Waals surface area contributed by atoms with Crippen molar-refractivity contribution in [1.82, 2.24) is 4.90 Å². The quantitative estimate of drug-likeness (QED) is 0.173. The third-order valence-electron chi connectivity index (χ3n) is 8.44. The standard InChI is InChI=1S/C37H28N4.Pt/c1-38-21-22-40(25-38)29-13-9-11-27(23-29)37(33-17-5-3-15-31(33)32-16-4-6-18-34(32)37)28-12-10-14-30(24-28)41-26-39(2)35-19-7-8-20-36(35)41;/h3-22,25-26H,1-2H3;/q-4;+4. The minimum Gasteiger partial charge on any atom is -0.510 e. The van der Waals surface area contributed by atoms with E-state index in [1.54, 1.807) is 0 Å². The second-order valence-electron chi connectivity index (χ2n) is 10.8. The van der Waals surface area contributed by atoms with Gasteiger partial charge in [0.15, 0.2) is 0 Å². The number of para-hydroxylation sites is 2.